The number of rotatable bonds is 4. The number of aryl methyl sites for hydroxylation is 1. The fourth-order valence-electron chi connectivity index (χ4n) is 1.77. The number of halogens is 1. The first-order chi connectivity index (χ1) is 6.60. The predicted molar refractivity (Wildman–Crippen MR) is 64.0 cm³/mol. The fraction of sp³-hybridized carbons (Fsp3) is 0.727. The van der Waals surface area contributed by atoms with Crippen molar-refractivity contribution < 1.29 is 0 Å². The van der Waals surface area contributed by atoms with E-state index in [1.807, 2.05) is 0 Å². The lowest BCUT2D eigenvalue weighted by Crippen LogP contribution is -2.11. The van der Waals surface area contributed by atoms with Crippen molar-refractivity contribution in [3.63, 3.8) is 0 Å². The number of alkyl halides is 1. The van der Waals surface area contributed by atoms with Gasteiger partial charge in [-0.25, -0.2) is 0 Å². The molecule has 0 amide bonds. The molecule has 0 aliphatic carbocycles. The minimum Gasteiger partial charge on any atom is -0.269 e. The Morgan fingerprint density at radius 3 is 2.50 bits per heavy atom. The molecule has 80 valence electrons. The van der Waals surface area contributed by atoms with E-state index in [1.54, 1.807) is 0 Å². The van der Waals surface area contributed by atoms with Crippen LogP contribution in [0.2, 0.25) is 0 Å². The van der Waals surface area contributed by atoms with Crippen LogP contribution in [0, 0.1) is 19.8 Å². The summed E-state index contributed by atoms with van der Waals surface area (Å²) in [7, 11) is 0. The fourth-order valence-corrected chi connectivity index (χ4v) is 1.97. The van der Waals surface area contributed by atoms with Crippen molar-refractivity contribution in [1.82, 2.24) is 9.78 Å². The van der Waals surface area contributed by atoms with Gasteiger partial charge in [-0.2, -0.15) is 5.10 Å². The lowest BCUT2D eigenvalue weighted by atomic mass is 10.1. The molecule has 1 heterocycles. The Morgan fingerprint density at radius 2 is 2.07 bits per heavy atom. The van der Waals surface area contributed by atoms with Crippen molar-refractivity contribution >= 4 is 15.9 Å². The van der Waals surface area contributed by atoms with E-state index in [2.05, 4.69) is 53.4 Å². The van der Waals surface area contributed by atoms with Gasteiger partial charge in [0, 0.05) is 17.6 Å². The molecule has 0 bridgehead atoms. The molecule has 1 aromatic rings. The highest BCUT2D eigenvalue weighted by Crippen LogP contribution is 2.15. The first-order valence-corrected chi connectivity index (χ1v) is 6.31. The summed E-state index contributed by atoms with van der Waals surface area (Å²) < 4.78 is 2.14. The van der Waals surface area contributed by atoms with Crippen molar-refractivity contribution in [2.45, 2.75) is 40.7 Å². The molecule has 1 unspecified atom stereocenters. The quantitative estimate of drug-likeness (QED) is 0.760. The summed E-state index contributed by atoms with van der Waals surface area (Å²) in [4.78, 5) is 0. The van der Waals surface area contributed by atoms with Crippen LogP contribution in [0.15, 0.2) is 0 Å². The second-order valence-corrected chi connectivity index (χ2v) is 4.59. The molecular formula is C11H19BrN2. The summed E-state index contributed by atoms with van der Waals surface area (Å²) in [5, 5.41) is 5.60. The molecule has 0 spiro atoms. The molecule has 1 rings (SSSR count). The van der Waals surface area contributed by atoms with E-state index in [4.69, 9.17) is 0 Å². The lowest BCUT2D eigenvalue weighted by molar-refractivity contribution is 0.480. The number of aromatic nitrogens is 2. The van der Waals surface area contributed by atoms with Gasteiger partial charge in [0.25, 0.3) is 0 Å². The van der Waals surface area contributed by atoms with Crippen LogP contribution in [-0.2, 0) is 13.0 Å². The van der Waals surface area contributed by atoms with E-state index in [0.717, 1.165) is 18.3 Å². The Bertz CT molecular complexity index is 304. The molecule has 3 heteroatoms. The highest BCUT2D eigenvalue weighted by atomic mass is 79.9. The average molecular weight is 259 g/mol. The SMILES string of the molecule is CCc1c(C)nn(CC(C)CBr)c1C. The van der Waals surface area contributed by atoms with Gasteiger partial charge in [0.15, 0.2) is 0 Å². The zero-order chi connectivity index (χ0) is 10.7. The third-order valence-electron chi connectivity index (χ3n) is 2.63. The van der Waals surface area contributed by atoms with Crippen LogP contribution >= 0.6 is 15.9 Å². The molecule has 0 aromatic carbocycles. The summed E-state index contributed by atoms with van der Waals surface area (Å²) in [6.07, 6.45) is 1.08. The van der Waals surface area contributed by atoms with Crippen LogP contribution in [0.25, 0.3) is 0 Å². The third kappa shape index (κ3) is 2.38. The minimum absolute atomic E-state index is 0.637. The van der Waals surface area contributed by atoms with E-state index in [1.165, 1.54) is 17.0 Å². The van der Waals surface area contributed by atoms with Crippen LogP contribution in [0.5, 0.6) is 0 Å². The van der Waals surface area contributed by atoms with Gasteiger partial charge in [-0.1, -0.05) is 29.8 Å². The molecule has 2 nitrogen and oxygen atoms in total. The molecule has 1 atom stereocenters. The standard InChI is InChI=1S/C11H19BrN2/c1-5-11-9(3)13-14(10(11)4)7-8(2)6-12/h8H,5-7H2,1-4H3. The maximum absolute atomic E-state index is 4.56. The zero-order valence-corrected chi connectivity index (χ0v) is 11.1. The molecule has 0 radical (unpaired) electrons. The van der Waals surface area contributed by atoms with E-state index < -0.39 is 0 Å². The number of hydrogen-bond donors (Lipinski definition) is 0. The molecular weight excluding hydrogens is 240 g/mol. The van der Waals surface area contributed by atoms with Crippen molar-refractivity contribution in [3.8, 4) is 0 Å². The molecule has 0 aliphatic heterocycles. The lowest BCUT2D eigenvalue weighted by Gasteiger charge is -2.09. The smallest absolute Gasteiger partial charge is 0.0628 e. The summed E-state index contributed by atoms with van der Waals surface area (Å²) >= 11 is 3.50. The number of hydrogen-bond acceptors (Lipinski definition) is 1. The van der Waals surface area contributed by atoms with E-state index in [9.17, 15) is 0 Å². The van der Waals surface area contributed by atoms with E-state index >= 15 is 0 Å². The van der Waals surface area contributed by atoms with Crippen molar-refractivity contribution in [2.24, 2.45) is 5.92 Å². The van der Waals surface area contributed by atoms with Gasteiger partial charge in [0.1, 0.15) is 0 Å². The Balaban J connectivity index is 2.88. The normalized spacial score (nSPS) is 13.2. The molecule has 0 fully saturated rings. The molecule has 0 N–H and O–H groups in total. The van der Waals surface area contributed by atoms with Crippen LogP contribution in [0.1, 0.15) is 30.8 Å². The average Bonchev–Trinajstić information content (AvgIpc) is 2.42. The van der Waals surface area contributed by atoms with E-state index in [-0.39, 0.29) is 0 Å². The van der Waals surface area contributed by atoms with Gasteiger partial charge in [-0.15, -0.1) is 0 Å². The highest BCUT2D eigenvalue weighted by molar-refractivity contribution is 9.09. The first-order valence-electron chi connectivity index (χ1n) is 5.19. The topological polar surface area (TPSA) is 17.8 Å². The van der Waals surface area contributed by atoms with Crippen LogP contribution in [0.4, 0.5) is 0 Å². The van der Waals surface area contributed by atoms with Gasteiger partial charge in [0.2, 0.25) is 0 Å². The Morgan fingerprint density at radius 1 is 1.43 bits per heavy atom. The molecule has 0 saturated heterocycles. The minimum atomic E-state index is 0.637. The van der Waals surface area contributed by atoms with Gasteiger partial charge >= 0.3 is 0 Å². The van der Waals surface area contributed by atoms with Crippen LogP contribution in [0.3, 0.4) is 0 Å². The van der Waals surface area contributed by atoms with Crippen molar-refractivity contribution in [3.05, 3.63) is 17.0 Å². The Kier molecular flexibility index (Phi) is 4.17. The van der Waals surface area contributed by atoms with Crippen LogP contribution < -0.4 is 0 Å². The monoisotopic (exact) mass is 258 g/mol. The van der Waals surface area contributed by atoms with Crippen LogP contribution in [-0.4, -0.2) is 15.1 Å². The maximum atomic E-state index is 4.56. The molecule has 14 heavy (non-hydrogen) atoms. The first kappa shape index (κ1) is 11.8. The molecule has 1 aromatic heterocycles. The second kappa shape index (κ2) is 4.96. The Labute approximate surface area is 94.8 Å². The summed E-state index contributed by atoms with van der Waals surface area (Å²) in [5.41, 5.74) is 3.93. The summed E-state index contributed by atoms with van der Waals surface area (Å²) in [5.74, 6) is 0.637. The third-order valence-corrected chi connectivity index (χ3v) is 3.74. The largest absolute Gasteiger partial charge is 0.269 e. The zero-order valence-electron chi connectivity index (χ0n) is 9.47. The predicted octanol–water partition coefficient (Wildman–Crippen LogP) is 3.09. The van der Waals surface area contributed by atoms with Gasteiger partial charge < -0.3 is 0 Å². The van der Waals surface area contributed by atoms with Gasteiger partial charge in [-0.3, -0.25) is 4.68 Å². The van der Waals surface area contributed by atoms with Crippen molar-refractivity contribution in [1.29, 1.82) is 0 Å². The van der Waals surface area contributed by atoms with Gasteiger partial charge in [-0.05, 0) is 31.7 Å². The van der Waals surface area contributed by atoms with E-state index in [0.29, 0.717) is 5.92 Å². The summed E-state index contributed by atoms with van der Waals surface area (Å²) in [6, 6.07) is 0. The Hall–Kier alpha value is -0.310. The van der Waals surface area contributed by atoms with Crippen molar-refractivity contribution in [2.75, 3.05) is 5.33 Å². The molecule has 0 aliphatic rings. The highest BCUT2D eigenvalue weighted by Gasteiger charge is 2.11. The molecule has 0 saturated carbocycles. The summed E-state index contributed by atoms with van der Waals surface area (Å²) in [6.45, 7) is 9.70. The van der Waals surface area contributed by atoms with Gasteiger partial charge in [0.05, 0.1) is 5.69 Å². The maximum Gasteiger partial charge on any atom is 0.0628 e. The second-order valence-electron chi connectivity index (χ2n) is 3.94. The number of nitrogens with zero attached hydrogens (tertiary/aromatic N) is 2.